The van der Waals surface area contributed by atoms with Crippen molar-refractivity contribution in [2.45, 2.75) is 38.0 Å². The van der Waals surface area contributed by atoms with E-state index in [4.69, 9.17) is 4.74 Å². The first-order chi connectivity index (χ1) is 13.0. The molecule has 5 nitrogen and oxygen atoms in total. The molecule has 144 valence electrons. The van der Waals surface area contributed by atoms with Crippen molar-refractivity contribution >= 4 is 0 Å². The minimum atomic E-state index is 0.122. The molecular weight excluding hydrogens is 336 g/mol. The number of fused-ring (bicyclic) bond motifs is 1. The summed E-state index contributed by atoms with van der Waals surface area (Å²) in [5.41, 5.74) is 3.82. The molecule has 0 unspecified atom stereocenters. The molecule has 2 bridgehead atoms. The predicted molar refractivity (Wildman–Crippen MR) is 106 cm³/mol. The van der Waals surface area contributed by atoms with Gasteiger partial charge < -0.3 is 9.64 Å². The molecule has 27 heavy (non-hydrogen) atoms. The molecule has 4 atom stereocenters. The molecule has 4 heterocycles. The molecular formula is C22H30N4O. The van der Waals surface area contributed by atoms with Crippen LogP contribution in [0.2, 0.25) is 0 Å². The van der Waals surface area contributed by atoms with Gasteiger partial charge in [0, 0.05) is 49.8 Å². The van der Waals surface area contributed by atoms with Gasteiger partial charge in [0.2, 0.25) is 0 Å². The van der Waals surface area contributed by atoms with E-state index in [2.05, 4.69) is 66.4 Å². The summed E-state index contributed by atoms with van der Waals surface area (Å²) in [6, 6.07) is 8.41. The lowest BCUT2D eigenvalue weighted by Crippen LogP contribution is -2.40. The maximum atomic E-state index is 6.57. The molecule has 0 radical (unpaired) electrons. The van der Waals surface area contributed by atoms with Crippen LogP contribution in [0, 0.1) is 18.8 Å². The first-order valence-electron chi connectivity index (χ1n) is 10.2. The highest BCUT2D eigenvalue weighted by atomic mass is 16.5. The molecule has 1 aromatic heterocycles. The number of para-hydroxylation sites is 1. The van der Waals surface area contributed by atoms with Crippen LogP contribution in [0.15, 0.2) is 36.7 Å². The third kappa shape index (κ3) is 2.93. The summed E-state index contributed by atoms with van der Waals surface area (Å²) in [5, 5.41) is 4.61. The smallest absolute Gasteiger partial charge is 0.0858 e. The van der Waals surface area contributed by atoms with Gasteiger partial charge in [0.25, 0.3) is 0 Å². The van der Waals surface area contributed by atoms with Gasteiger partial charge in [-0.3, -0.25) is 4.90 Å². The van der Waals surface area contributed by atoms with Crippen LogP contribution < -0.4 is 0 Å². The number of hydrogen-bond donors (Lipinski definition) is 0. The first-order valence-corrected chi connectivity index (χ1v) is 10.2. The Kier molecular flexibility index (Phi) is 4.15. The van der Waals surface area contributed by atoms with E-state index < -0.39 is 0 Å². The zero-order valence-electron chi connectivity index (χ0n) is 16.6. The van der Waals surface area contributed by atoms with Crippen molar-refractivity contribution < 1.29 is 4.74 Å². The molecule has 3 aliphatic heterocycles. The molecule has 0 aliphatic carbocycles. The summed E-state index contributed by atoms with van der Waals surface area (Å²) in [4.78, 5) is 4.92. The number of aromatic nitrogens is 2. The SMILES string of the molecule is Cc1ccccc1-n1cc(CN2C[C@@H]3[C@H](CN(C)C)[C@H]4CC[C@]3(C2)O4)cn1. The molecule has 3 aliphatic rings. The molecule has 3 fully saturated rings. The Labute approximate surface area is 161 Å². The Morgan fingerprint density at radius 2 is 2.15 bits per heavy atom. The van der Waals surface area contributed by atoms with E-state index in [1.54, 1.807) is 0 Å². The molecule has 0 N–H and O–H groups in total. The van der Waals surface area contributed by atoms with E-state index in [1.165, 1.54) is 24.0 Å². The first kappa shape index (κ1) is 17.4. The van der Waals surface area contributed by atoms with Gasteiger partial charge >= 0.3 is 0 Å². The van der Waals surface area contributed by atoms with Crippen molar-refractivity contribution in [2.24, 2.45) is 11.8 Å². The Morgan fingerprint density at radius 3 is 2.96 bits per heavy atom. The zero-order chi connectivity index (χ0) is 18.6. The number of likely N-dealkylation sites (tertiary alicyclic amines) is 1. The summed E-state index contributed by atoms with van der Waals surface area (Å²) in [5.74, 6) is 1.37. The molecule has 1 spiro atoms. The average molecular weight is 367 g/mol. The highest BCUT2D eigenvalue weighted by Crippen LogP contribution is 2.55. The Bertz CT molecular complexity index is 831. The quantitative estimate of drug-likeness (QED) is 0.815. The maximum Gasteiger partial charge on any atom is 0.0858 e. The van der Waals surface area contributed by atoms with Gasteiger partial charge in [0.1, 0.15) is 0 Å². The van der Waals surface area contributed by atoms with E-state index in [-0.39, 0.29) is 5.60 Å². The van der Waals surface area contributed by atoms with Crippen LogP contribution in [0.5, 0.6) is 0 Å². The second kappa shape index (κ2) is 6.43. The predicted octanol–water partition coefficient (Wildman–Crippen LogP) is 2.72. The maximum absolute atomic E-state index is 6.57. The monoisotopic (exact) mass is 366 g/mol. The van der Waals surface area contributed by atoms with Gasteiger partial charge in [0.15, 0.2) is 0 Å². The minimum absolute atomic E-state index is 0.122. The lowest BCUT2D eigenvalue weighted by Gasteiger charge is -2.31. The third-order valence-electron chi connectivity index (χ3n) is 6.83. The van der Waals surface area contributed by atoms with Gasteiger partial charge in [0.05, 0.1) is 23.6 Å². The van der Waals surface area contributed by atoms with E-state index >= 15 is 0 Å². The topological polar surface area (TPSA) is 33.5 Å². The molecule has 0 amide bonds. The zero-order valence-corrected chi connectivity index (χ0v) is 16.6. The Balaban J connectivity index is 1.30. The van der Waals surface area contributed by atoms with E-state index in [9.17, 15) is 0 Å². The standard InChI is InChI=1S/C22H30N4O/c1-16-6-4-5-7-20(16)26-12-17(10-23-26)11-25-14-19-18(13-24(2)3)21-8-9-22(19,15-25)27-21/h4-7,10,12,18-19,21H,8-9,11,13-15H2,1-3H3/t18-,19+,21+,22+/m0/s1. The van der Waals surface area contributed by atoms with E-state index in [0.717, 1.165) is 31.9 Å². The summed E-state index contributed by atoms with van der Waals surface area (Å²) >= 11 is 0. The lowest BCUT2D eigenvalue weighted by molar-refractivity contribution is 0.00145. The summed E-state index contributed by atoms with van der Waals surface area (Å²) < 4.78 is 8.58. The molecule has 1 aromatic carbocycles. The van der Waals surface area contributed by atoms with Crippen molar-refractivity contribution in [3.05, 3.63) is 47.8 Å². The Morgan fingerprint density at radius 1 is 1.30 bits per heavy atom. The number of benzene rings is 1. The summed E-state index contributed by atoms with van der Waals surface area (Å²) in [7, 11) is 4.37. The number of hydrogen-bond acceptors (Lipinski definition) is 4. The van der Waals surface area contributed by atoms with Crippen LogP contribution >= 0.6 is 0 Å². The van der Waals surface area contributed by atoms with Gasteiger partial charge in [-0.25, -0.2) is 4.68 Å². The van der Waals surface area contributed by atoms with Crippen LogP contribution in [0.4, 0.5) is 0 Å². The van der Waals surface area contributed by atoms with Gasteiger partial charge in [-0.15, -0.1) is 0 Å². The fourth-order valence-electron chi connectivity index (χ4n) is 5.73. The molecule has 5 rings (SSSR count). The second-order valence-corrected chi connectivity index (χ2v) is 9.04. The minimum Gasteiger partial charge on any atom is -0.370 e. The molecule has 3 saturated heterocycles. The molecule has 5 heteroatoms. The average Bonchev–Trinajstić information content (AvgIpc) is 3.37. The Hall–Kier alpha value is -1.69. The van der Waals surface area contributed by atoms with Crippen molar-refractivity contribution in [1.29, 1.82) is 0 Å². The summed E-state index contributed by atoms with van der Waals surface area (Å²) in [6.45, 7) is 6.48. The van der Waals surface area contributed by atoms with Crippen molar-refractivity contribution in [1.82, 2.24) is 19.6 Å². The van der Waals surface area contributed by atoms with Crippen LogP contribution in [0.1, 0.15) is 24.0 Å². The van der Waals surface area contributed by atoms with E-state index in [1.807, 2.05) is 10.9 Å². The normalized spacial score (nSPS) is 32.5. The molecule has 2 aromatic rings. The number of ether oxygens (including phenoxy) is 1. The van der Waals surface area contributed by atoms with Gasteiger partial charge in [-0.2, -0.15) is 5.10 Å². The molecule has 0 saturated carbocycles. The van der Waals surface area contributed by atoms with E-state index in [0.29, 0.717) is 17.9 Å². The second-order valence-electron chi connectivity index (χ2n) is 9.04. The summed E-state index contributed by atoms with van der Waals surface area (Å²) in [6.07, 6.45) is 7.18. The number of rotatable bonds is 5. The van der Waals surface area contributed by atoms with Gasteiger partial charge in [-0.1, -0.05) is 18.2 Å². The highest BCUT2D eigenvalue weighted by Gasteiger charge is 2.62. The fraction of sp³-hybridized carbons (Fsp3) is 0.591. The fourth-order valence-corrected chi connectivity index (χ4v) is 5.73. The lowest BCUT2D eigenvalue weighted by atomic mass is 9.73. The van der Waals surface area contributed by atoms with Gasteiger partial charge in [-0.05, 0) is 45.5 Å². The van der Waals surface area contributed by atoms with Crippen molar-refractivity contribution in [2.75, 3.05) is 33.7 Å². The van der Waals surface area contributed by atoms with Crippen molar-refractivity contribution in [3.63, 3.8) is 0 Å². The van der Waals surface area contributed by atoms with Crippen LogP contribution in [-0.2, 0) is 11.3 Å². The van der Waals surface area contributed by atoms with Crippen LogP contribution in [-0.4, -0.2) is 65.0 Å². The van der Waals surface area contributed by atoms with Crippen LogP contribution in [0.25, 0.3) is 5.69 Å². The number of aryl methyl sites for hydroxylation is 1. The van der Waals surface area contributed by atoms with Crippen LogP contribution in [0.3, 0.4) is 0 Å². The number of nitrogens with zero attached hydrogens (tertiary/aromatic N) is 4. The highest BCUT2D eigenvalue weighted by molar-refractivity contribution is 5.39. The third-order valence-corrected chi connectivity index (χ3v) is 6.83. The largest absolute Gasteiger partial charge is 0.370 e. The van der Waals surface area contributed by atoms with Crippen molar-refractivity contribution in [3.8, 4) is 5.69 Å².